The molecule has 1 N–H and O–H groups in total. The predicted octanol–water partition coefficient (Wildman–Crippen LogP) is 2.93. The molecule has 2 heterocycles. The highest BCUT2D eigenvalue weighted by Gasteiger charge is 2.29. The smallest absolute Gasteiger partial charge is 0.243 e. The van der Waals surface area contributed by atoms with E-state index in [1.807, 2.05) is 18.4 Å². The largest absolute Gasteiger partial charge is 0.325 e. The number of fused-ring (bicyclic) bond motifs is 1. The van der Waals surface area contributed by atoms with Crippen LogP contribution in [0.2, 0.25) is 0 Å². The quantitative estimate of drug-likeness (QED) is 0.922. The lowest BCUT2D eigenvalue weighted by Gasteiger charge is -2.17. The zero-order valence-electron chi connectivity index (χ0n) is 13.2. The summed E-state index contributed by atoms with van der Waals surface area (Å²) in [5.74, 6) is -0.429. The van der Waals surface area contributed by atoms with E-state index in [1.54, 1.807) is 43.5 Å². The molecule has 1 aliphatic rings. The summed E-state index contributed by atoms with van der Waals surface area (Å²) < 4.78 is 26.9. The molecule has 1 amide bonds. The molecule has 0 aliphatic carbocycles. The lowest BCUT2D eigenvalue weighted by Crippen LogP contribution is -2.26. The van der Waals surface area contributed by atoms with Crippen molar-refractivity contribution in [2.45, 2.75) is 31.2 Å². The number of carbonyl (C=O) groups is 1. The monoisotopic (exact) mass is 350 g/mol. The van der Waals surface area contributed by atoms with E-state index in [0.717, 1.165) is 16.0 Å². The Bertz CT molecular complexity index is 871. The first-order valence-electron chi connectivity index (χ1n) is 7.25. The second-order valence-corrected chi connectivity index (χ2v) is 8.79. The van der Waals surface area contributed by atoms with Gasteiger partial charge in [0.2, 0.25) is 15.9 Å². The minimum Gasteiger partial charge on any atom is -0.325 e. The summed E-state index contributed by atoms with van der Waals surface area (Å²) in [6.07, 6.45) is 0. The standard InChI is InChI=1S/C16H18N2O3S2/c1-10-6-7-22-15(10)9-18(3)23(20,21)12-4-5-14-13(8-12)11(2)16(19)17-14/h4-8,11H,9H2,1-3H3,(H,17,19)/t11-/m1/s1. The summed E-state index contributed by atoms with van der Waals surface area (Å²) in [5.41, 5.74) is 2.52. The maximum absolute atomic E-state index is 12.8. The minimum absolute atomic E-state index is 0.0999. The Hall–Kier alpha value is -1.70. The lowest BCUT2D eigenvalue weighted by atomic mass is 10.0. The van der Waals surface area contributed by atoms with Gasteiger partial charge in [0.05, 0.1) is 10.8 Å². The third-order valence-electron chi connectivity index (χ3n) is 4.18. The molecule has 0 unspecified atom stereocenters. The molecule has 1 atom stereocenters. The zero-order valence-corrected chi connectivity index (χ0v) is 14.8. The van der Waals surface area contributed by atoms with Crippen LogP contribution in [0.4, 0.5) is 5.69 Å². The molecule has 23 heavy (non-hydrogen) atoms. The molecule has 0 spiro atoms. The van der Waals surface area contributed by atoms with Crippen molar-refractivity contribution < 1.29 is 13.2 Å². The van der Waals surface area contributed by atoms with Gasteiger partial charge in [0.1, 0.15) is 0 Å². The van der Waals surface area contributed by atoms with E-state index in [4.69, 9.17) is 0 Å². The fourth-order valence-electron chi connectivity index (χ4n) is 2.59. The summed E-state index contributed by atoms with van der Waals surface area (Å²) in [6.45, 7) is 4.09. The Morgan fingerprint density at radius 2 is 2.04 bits per heavy atom. The van der Waals surface area contributed by atoms with Gasteiger partial charge in [-0.2, -0.15) is 4.31 Å². The summed E-state index contributed by atoms with van der Waals surface area (Å²) >= 11 is 1.55. The van der Waals surface area contributed by atoms with E-state index in [0.29, 0.717) is 12.2 Å². The summed E-state index contributed by atoms with van der Waals surface area (Å²) in [7, 11) is -2.02. The number of benzene rings is 1. The van der Waals surface area contributed by atoms with Crippen molar-refractivity contribution in [1.82, 2.24) is 4.31 Å². The lowest BCUT2D eigenvalue weighted by molar-refractivity contribution is -0.116. The third kappa shape index (κ3) is 2.80. The molecule has 0 saturated heterocycles. The van der Waals surface area contributed by atoms with Crippen LogP contribution in [-0.2, 0) is 21.4 Å². The van der Waals surface area contributed by atoms with Crippen molar-refractivity contribution in [2.24, 2.45) is 0 Å². The highest BCUT2D eigenvalue weighted by molar-refractivity contribution is 7.89. The number of amides is 1. The van der Waals surface area contributed by atoms with Crippen LogP contribution in [0.3, 0.4) is 0 Å². The molecule has 2 aromatic rings. The van der Waals surface area contributed by atoms with Crippen LogP contribution in [0.5, 0.6) is 0 Å². The second-order valence-electron chi connectivity index (χ2n) is 5.75. The van der Waals surface area contributed by atoms with Gasteiger partial charge in [-0.05, 0) is 54.6 Å². The molecule has 5 nitrogen and oxygen atoms in total. The van der Waals surface area contributed by atoms with Crippen molar-refractivity contribution in [3.8, 4) is 0 Å². The molecule has 0 radical (unpaired) electrons. The number of nitrogens with one attached hydrogen (secondary N) is 1. The molecule has 0 bridgehead atoms. The van der Waals surface area contributed by atoms with Crippen molar-refractivity contribution in [3.63, 3.8) is 0 Å². The van der Waals surface area contributed by atoms with Crippen LogP contribution in [0.25, 0.3) is 0 Å². The van der Waals surface area contributed by atoms with Gasteiger partial charge >= 0.3 is 0 Å². The number of sulfonamides is 1. The van der Waals surface area contributed by atoms with Crippen molar-refractivity contribution in [1.29, 1.82) is 0 Å². The van der Waals surface area contributed by atoms with Gasteiger partial charge in [-0.25, -0.2) is 8.42 Å². The molecule has 1 aromatic carbocycles. The fraction of sp³-hybridized carbons (Fsp3) is 0.312. The number of carbonyl (C=O) groups excluding carboxylic acids is 1. The third-order valence-corrected chi connectivity index (χ3v) is 6.99. The topological polar surface area (TPSA) is 66.5 Å². The van der Waals surface area contributed by atoms with Gasteiger partial charge < -0.3 is 5.32 Å². The first kappa shape index (κ1) is 16.2. The van der Waals surface area contributed by atoms with Crippen molar-refractivity contribution in [3.05, 3.63) is 45.6 Å². The van der Waals surface area contributed by atoms with Crippen LogP contribution in [-0.4, -0.2) is 25.7 Å². The maximum atomic E-state index is 12.8. The Morgan fingerprint density at radius 1 is 1.30 bits per heavy atom. The van der Waals surface area contributed by atoms with Gasteiger partial charge in [0.15, 0.2) is 0 Å². The summed E-state index contributed by atoms with van der Waals surface area (Å²) in [6, 6.07) is 6.79. The molecule has 1 aromatic heterocycles. The van der Waals surface area contributed by atoms with Gasteiger partial charge in [0.25, 0.3) is 0 Å². The number of nitrogens with zero attached hydrogens (tertiary/aromatic N) is 1. The average Bonchev–Trinajstić information content (AvgIpc) is 3.03. The number of hydrogen-bond acceptors (Lipinski definition) is 4. The second kappa shape index (κ2) is 5.74. The Labute approximate surface area is 140 Å². The fourth-order valence-corrected chi connectivity index (χ4v) is 4.80. The minimum atomic E-state index is -3.59. The van der Waals surface area contributed by atoms with Crippen LogP contribution in [0, 0.1) is 6.92 Å². The van der Waals surface area contributed by atoms with Crippen molar-refractivity contribution >= 4 is 33.0 Å². The number of rotatable bonds is 4. The van der Waals surface area contributed by atoms with Gasteiger partial charge in [0, 0.05) is 24.2 Å². The number of hydrogen-bond donors (Lipinski definition) is 1. The highest BCUT2D eigenvalue weighted by Crippen LogP contribution is 2.34. The number of aryl methyl sites for hydroxylation is 1. The molecular weight excluding hydrogens is 332 g/mol. The van der Waals surface area contributed by atoms with E-state index in [1.165, 1.54) is 4.31 Å². The van der Waals surface area contributed by atoms with Crippen LogP contribution >= 0.6 is 11.3 Å². The zero-order chi connectivity index (χ0) is 16.8. The predicted molar refractivity (Wildman–Crippen MR) is 91.2 cm³/mol. The number of anilines is 1. The van der Waals surface area contributed by atoms with E-state index in [2.05, 4.69) is 5.32 Å². The SMILES string of the molecule is Cc1ccsc1CN(C)S(=O)(=O)c1ccc2c(c1)[C@@H](C)C(=O)N2. The van der Waals surface area contributed by atoms with Gasteiger partial charge in [-0.1, -0.05) is 0 Å². The molecule has 7 heteroatoms. The highest BCUT2D eigenvalue weighted by atomic mass is 32.2. The van der Waals surface area contributed by atoms with Crippen LogP contribution in [0.15, 0.2) is 34.5 Å². The maximum Gasteiger partial charge on any atom is 0.243 e. The van der Waals surface area contributed by atoms with E-state index in [9.17, 15) is 13.2 Å². The van der Waals surface area contributed by atoms with Crippen molar-refractivity contribution in [2.75, 3.05) is 12.4 Å². The normalized spacial score (nSPS) is 17.4. The van der Waals surface area contributed by atoms with Gasteiger partial charge in [-0.3, -0.25) is 4.79 Å². The van der Waals surface area contributed by atoms with Gasteiger partial charge in [-0.15, -0.1) is 11.3 Å². The first-order chi connectivity index (χ1) is 10.8. The van der Waals surface area contributed by atoms with E-state index < -0.39 is 10.0 Å². The summed E-state index contributed by atoms with van der Waals surface area (Å²) in [4.78, 5) is 13.0. The van der Waals surface area contributed by atoms with Crippen LogP contribution in [0.1, 0.15) is 28.8 Å². The Morgan fingerprint density at radius 3 is 2.70 bits per heavy atom. The van der Waals surface area contributed by atoms with E-state index in [-0.39, 0.29) is 16.7 Å². The molecule has 0 saturated carbocycles. The average molecular weight is 350 g/mol. The molecule has 3 rings (SSSR count). The molecular formula is C16H18N2O3S2. The first-order valence-corrected chi connectivity index (χ1v) is 9.57. The molecule has 1 aliphatic heterocycles. The number of thiophene rings is 1. The molecule has 122 valence electrons. The Kier molecular flexibility index (Phi) is 4.03. The summed E-state index contributed by atoms with van der Waals surface area (Å²) in [5, 5.41) is 4.71. The molecule has 0 fully saturated rings. The Balaban J connectivity index is 1.91. The van der Waals surface area contributed by atoms with Crippen LogP contribution < -0.4 is 5.32 Å². The van der Waals surface area contributed by atoms with E-state index >= 15 is 0 Å².